The molecule has 0 aromatic carbocycles. The Morgan fingerprint density at radius 1 is 1.44 bits per heavy atom. The smallest absolute Gasteiger partial charge is 0.221 e. The van der Waals surface area contributed by atoms with Crippen LogP contribution in [0.25, 0.3) is 11.5 Å². The van der Waals surface area contributed by atoms with Crippen molar-refractivity contribution < 1.29 is 4.42 Å². The highest BCUT2D eigenvalue weighted by molar-refractivity contribution is 9.10. The Kier molecular flexibility index (Phi) is 4.66. The Balaban J connectivity index is 2.31. The zero-order valence-electron chi connectivity index (χ0n) is 10.0. The van der Waals surface area contributed by atoms with Crippen LogP contribution in [0.2, 0.25) is 0 Å². The first-order valence-corrected chi connectivity index (χ1v) is 7.50. The number of thioether (sulfide) groups is 1. The number of hydrogen-bond donors (Lipinski definition) is 1. The number of hydrogen-bond acceptors (Lipinski definition) is 5. The number of furan rings is 1. The van der Waals surface area contributed by atoms with E-state index in [2.05, 4.69) is 32.8 Å². The van der Waals surface area contributed by atoms with E-state index in [1.54, 1.807) is 18.0 Å². The second-order valence-corrected chi connectivity index (χ2v) is 5.61. The van der Waals surface area contributed by atoms with Crippen LogP contribution in [0.1, 0.15) is 19.8 Å². The van der Waals surface area contributed by atoms with Crippen molar-refractivity contribution in [3.63, 3.8) is 0 Å². The fourth-order valence-electron chi connectivity index (χ4n) is 1.43. The molecule has 2 N–H and O–H groups in total. The van der Waals surface area contributed by atoms with Gasteiger partial charge in [-0.2, -0.15) is 0 Å². The van der Waals surface area contributed by atoms with Crippen LogP contribution >= 0.6 is 27.7 Å². The summed E-state index contributed by atoms with van der Waals surface area (Å²) in [6, 6.07) is 3.68. The van der Waals surface area contributed by atoms with Crippen LogP contribution in [0.4, 0.5) is 5.95 Å². The summed E-state index contributed by atoms with van der Waals surface area (Å²) in [7, 11) is 0. The average molecular weight is 328 g/mol. The number of unbranched alkanes of at least 4 members (excludes halogenated alkanes) is 1. The third-order valence-electron chi connectivity index (χ3n) is 2.33. The molecule has 0 saturated carbocycles. The molecule has 4 nitrogen and oxygen atoms in total. The molecular formula is C12H14BrN3OS. The van der Waals surface area contributed by atoms with Crippen LogP contribution < -0.4 is 5.73 Å². The molecule has 0 amide bonds. The summed E-state index contributed by atoms with van der Waals surface area (Å²) in [5, 5.41) is 0.863. The summed E-state index contributed by atoms with van der Waals surface area (Å²) >= 11 is 5.21. The minimum absolute atomic E-state index is 0.267. The molecule has 0 fully saturated rings. The van der Waals surface area contributed by atoms with Crippen LogP contribution in [0.5, 0.6) is 0 Å². The standard InChI is InChI=1S/C12H14BrN3OS/c1-2-3-7-18-11-9(13)10(15-12(14)16-11)8-5-4-6-17-8/h4-6H,2-3,7H2,1H3,(H2,14,15,16). The molecule has 0 bridgehead atoms. The van der Waals surface area contributed by atoms with Gasteiger partial charge >= 0.3 is 0 Å². The van der Waals surface area contributed by atoms with Gasteiger partial charge in [-0.1, -0.05) is 13.3 Å². The van der Waals surface area contributed by atoms with E-state index in [1.165, 1.54) is 0 Å². The Morgan fingerprint density at radius 2 is 2.28 bits per heavy atom. The van der Waals surface area contributed by atoms with Crippen LogP contribution in [0.15, 0.2) is 32.3 Å². The van der Waals surface area contributed by atoms with Gasteiger partial charge in [0.1, 0.15) is 10.7 Å². The molecule has 0 atom stereocenters. The molecule has 0 spiro atoms. The van der Waals surface area contributed by atoms with Crippen molar-refractivity contribution in [1.29, 1.82) is 0 Å². The Bertz CT molecular complexity index is 516. The average Bonchev–Trinajstić information content (AvgIpc) is 2.87. The second kappa shape index (κ2) is 6.24. The van der Waals surface area contributed by atoms with Crippen molar-refractivity contribution >= 4 is 33.6 Å². The fourth-order valence-corrected chi connectivity index (χ4v) is 3.15. The minimum Gasteiger partial charge on any atom is -0.463 e. The van der Waals surface area contributed by atoms with Gasteiger partial charge in [0.2, 0.25) is 5.95 Å². The van der Waals surface area contributed by atoms with Gasteiger partial charge in [-0.25, -0.2) is 9.97 Å². The Labute approximate surface area is 119 Å². The summed E-state index contributed by atoms with van der Waals surface area (Å²) in [5.41, 5.74) is 6.44. The summed E-state index contributed by atoms with van der Waals surface area (Å²) < 4.78 is 6.19. The number of rotatable bonds is 5. The largest absolute Gasteiger partial charge is 0.463 e. The van der Waals surface area contributed by atoms with Crippen molar-refractivity contribution in [3.8, 4) is 11.5 Å². The molecule has 2 heterocycles. The van der Waals surface area contributed by atoms with Crippen LogP contribution in [-0.4, -0.2) is 15.7 Å². The number of halogens is 1. The van der Waals surface area contributed by atoms with Gasteiger partial charge < -0.3 is 10.2 Å². The normalized spacial score (nSPS) is 10.8. The lowest BCUT2D eigenvalue weighted by molar-refractivity contribution is 0.579. The van der Waals surface area contributed by atoms with Gasteiger partial charge in [0.05, 0.1) is 10.7 Å². The molecule has 0 saturated heterocycles. The molecule has 0 unspecified atom stereocenters. The summed E-state index contributed by atoms with van der Waals surface area (Å²) in [6.45, 7) is 2.16. The van der Waals surface area contributed by atoms with Crippen molar-refractivity contribution in [2.45, 2.75) is 24.8 Å². The lowest BCUT2D eigenvalue weighted by Crippen LogP contribution is -2.00. The van der Waals surface area contributed by atoms with E-state index < -0.39 is 0 Å². The van der Waals surface area contributed by atoms with Crippen LogP contribution in [-0.2, 0) is 0 Å². The summed E-state index contributed by atoms with van der Waals surface area (Å²) in [5.74, 6) is 1.97. The summed E-state index contributed by atoms with van der Waals surface area (Å²) in [4.78, 5) is 8.47. The highest BCUT2D eigenvalue weighted by Gasteiger charge is 2.15. The number of nitrogens with zero attached hydrogens (tertiary/aromatic N) is 2. The maximum Gasteiger partial charge on any atom is 0.221 e. The maximum atomic E-state index is 5.74. The Morgan fingerprint density at radius 3 is 2.94 bits per heavy atom. The zero-order chi connectivity index (χ0) is 13.0. The molecule has 96 valence electrons. The van der Waals surface area contributed by atoms with Gasteiger partial charge in [-0.3, -0.25) is 0 Å². The third kappa shape index (κ3) is 3.05. The van der Waals surface area contributed by atoms with Gasteiger partial charge in [-0.05, 0) is 40.2 Å². The van der Waals surface area contributed by atoms with Gasteiger partial charge in [0.25, 0.3) is 0 Å². The number of nitrogen functional groups attached to an aromatic ring is 1. The lowest BCUT2D eigenvalue weighted by atomic mass is 10.3. The molecule has 0 aliphatic heterocycles. The molecule has 0 aliphatic rings. The number of aromatic nitrogens is 2. The fraction of sp³-hybridized carbons (Fsp3) is 0.333. The van der Waals surface area contributed by atoms with E-state index >= 15 is 0 Å². The zero-order valence-corrected chi connectivity index (χ0v) is 12.4. The maximum absolute atomic E-state index is 5.74. The van der Waals surface area contributed by atoms with E-state index in [4.69, 9.17) is 10.2 Å². The number of nitrogens with two attached hydrogens (primary N) is 1. The first-order valence-electron chi connectivity index (χ1n) is 5.72. The third-order valence-corrected chi connectivity index (χ3v) is 4.40. The monoisotopic (exact) mass is 327 g/mol. The van der Waals surface area contributed by atoms with Crippen molar-refractivity contribution in [3.05, 3.63) is 22.9 Å². The first kappa shape index (κ1) is 13.4. The van der Waals surface area contributed by atoms with Gasteiger partial charge in [0, 0.05) is 0 Å². The molecule has 0 radical (unpaired) electrons. The highest BCUT2D eigenvalue weighted by atomic mass is 79.9. The second-order valence-electron chi connectivity index (χ2n) is 3.73. The Hall–Kier alpha value is -1.01. The first-order chi connectivity index (χ1) is 8.72. The topological polar surface area (TPSA) is 64.9 Å². The van der Waals surface area contributed by atoms with E-state index in [-0.39, 0.29) is 5.95 Å². The van der Waals surface area contributed by atoms with Crippen LogP contribution in [0.3, 0.4) is 0 Å². The molecule has 2 aromatic rings. The van der Waals surface area contributed by atoms with Gasteiger partial charge in [0.15, 0.2) is 5.76 Å². The lowest BCUT2D eigenvalue weighted by Gasteiger charge is -2.07. The van der Waals surface area contributed by atoms with Crippen molar-refractivity contribution in [1.82, 2.24) is 9.97 Å². The molecule has 18 heavy (non-hydrogen) atoms. The highest BCUT2D eigenvalue weighted by Crippen LogP contribution is 2.34. The van der Waals surface area contributed by atoms with Gasteiger partial charge in [-0.15, -0.1) is 11.8 Å². The molecular weight excluding hydrogens is 314 g/mol. The predicted molar refractivity (Wildman–Crippen MR) is 77.5 cm³/mol. The SMILES string of the molecule is CCCCSc1nc(N)nc(-c2ccco2)c1Br. The van der Waals surface area contributed by atoms with Crippen molar-refractivity contribution in [2.75, 3.05) is 11.5 Å². The molecule has 0 aliphatic carbocycles. The van der Waals surface area contributed by atoms with Crippen LogP contribution in [0, 0.1) is 0 Å². The minimum atomic E-state index is 0.267. The van der Waals surface area contributed by atoms with E-state index in [0.29, 0.717) is 11.5 Å². The molecule has 6 heteroatoms. The predicted octanol–water partition coefficient (Wildman–Crippen LogP) is 3.97. The number of anilines is 1. The van der Waals surface area contributed by atoms with E-state index in [1.807, 2.05) is 12.1 Å². The molecule has 2 aromatic heterocycles. The summed E-state index contributed by atoms with van der Waals surface area (Å²) in [6.07, 6.45) is 3.93. The quantitative estimate of drug-likeness (QED) is 0.511. The van der Waals surface area contributed by atoms with E-state index in [9.17, 15) is 0 Å². The van der Waals surface area contributed by atoms with Crippen molar-refractivity contribution in [2.24, 2.45) is 0 Å². The molecule has 2 rings (SSSR count). The van der Waals surface area contributed by atoms with E-state index in [0.717, 1.165) is 28.1 Å².